The van der Waals surface area contributed by atoms with Gasteiger partial charge in [0, 0.05) is 11.8 Å². The van der Waals surface area contributed by atoms with Gasteiger partial charge in [-0.3, -0.25) is 20.2 Å². The second-order valence-electron chi connectivity index (χ2n) is 5.62. The van der Waals surface area contributed by atoms with E-state index < -0.39 is 10.8 Å². The van der Waals surface area contributed by atoms with Gasteiger partial charge >= 0.3 is 0 Å². The lowest BCUT2D eigenvalue weighted by molar-refractivity contribution is -0.385. The fraction of sp³-hybridized carbons (Fsp3) is 0. The summed E-state index contributed by atoms with van der Waals surface area (Å²) in [6.07, 6.45) is 0. The number of amides is 1. The van der Waals surface area contributed by atoms with E-state index in [9.17, 15) is 14.9 Å². The third kappa shape index (κ3) is 4.89. The highest BCUT2D eigenvalue weighted by Gasteiger charge is 2.19. The van der Waals surface area contributed by atoms with Crippen LogP contribution in [-0.4, -0.2) is 15.9 Å². The normalized spacial score (nSPS) is 10.0. The van der Waals surface area contributed by atoms with Crippen LogP contribution in [0.15, 0.2) is 78.9 Å². The largest absolute Gasteiger partial charge is 0.457 e. The van der Waals surface area contributed by atoms with Crippen LogP contribution < -0.4 is 15.4 Å². The van der Waals surface area contributed by atoms with Crippen LogP contribution in [0.4, 0.5) is 11.4 Å². The van der Waals surface area contributed by atoms with Gasteiger partial charge in [0.15, 0.2) is 5.11 Å². The molecule has 2 N–H and O–H groups in total. The Morgan fingerprint density at radius 1 is 0.893 bits per heavy atom. The number of nitrogens with one attached hydrogen (secondary N) is 2. The molecule has 0 saturated heterocycles. The molecule has 0 fully saturated rings. The van der Waals surface area contributed by atoms with E-state index in [1.54, 1.807) is 30.3 Å². The number of benzene rings is 3. The Morgan fingerprint density at radius 3 is 2.18 bits per heavy atom. The van der Waals surface area contributed by atoms with Gasteiger partial charge in [-0.05, 0) is 54.7 Å². The number of thiocarbonyl (C=S) groups is 1. The molecule has 1 amide bonds. The van der Waals surface area contributed by atoms with Crippen molar-refractivity contribution in [2.45, 2.75) is 0 Å². The summed E-state index contributed by atoms with van der Waals surface area (Å²) >= 11 is 5.11. The summed E-state index contributed by atoms with van der Waals surface area (Å²) in [5, 5.41) is 16.4. The number of carbonyl (C=O) groups is 1. The number of rotatable bonds is 5. The van der Waals surface area contributed by atoms with Crippen molar-refractivity contribution in [2.75, 3.05) is 5.32 Å². The molecule has 3 aromatic carbocycles. The predicted molar refractivity (Wildman–Crippen MR) is 110 cm³/mol. The van der Waals surface area contributed by atoms with Gasteiger partial charge in [-0.1, -0.05) is 30.3 Å². The minimum atomic E-state index is -0.658. The Bertz CT molecular complexity index is 1010. The van der Waals surface area contributed by atoms with Crippen LogP contribution in [-0.2, 0) is 0 Å². The Balaban J connectivity index is 1.60. The lowest BCUT2D eigenvalue weighted by Crippen LogP contribution is -2.34. The Hall–Kier alpha value is -3.78. The first-order valence-corrected chi connectivity index (χ1v) is 8.62. The summed E-state index contributed by atoms with van der Waals surface area (Å²) < 4.78 is 5.70. The quantitative estimate of drug-likeness (QED) is 0.376. The molecule has 8 heteroatoms. The molecule has 0 aliphatic heterocycles. The van der Waals surface area contributed by atoms with E-state index in [0.717, 1.165) is 5.75 Å². The number of ether oxygens (including phenoxy) is 1. The lowest BCUT2D eigenvalue weighted by Gasteiger charge is -2.11. The number of nitro groups is 1. The Morgan fingerprint density at radius 2 is 1.50 bits per heavy atom. The van der Waals surface area contributed by atoms with E-state index >= 15 is 0 Å². The fourth-order valence-electron chi connectivity index (χ4n) is 2.39. The van der Waals surface area contributed by atoms with Gasteiger partial charge in [0.25, 0.3) is 11.6 Å². The molecule has 7 nitrogen and oxygen atoms in total. The number of carbonyl (C=O) groups excluding carboxylic acids is 1. The maximum Gasteiger partial charge on any atom is 0.282 e. The maximum atomic E-state index is 12.3. The monoisotopic (exact) mass is 393 g/mol. The van der Waals surface area contributed by atoms with E-state index in [1.165, 1.54) is 18.2 Å². The van der Waals surface area contributed by atoms with Gasteiger partial charge in [0.2, 0.25) is 0 Å². The highest BCUT2D eigenvalue weighted by Crippen LogP contribution is 2.22. The van der Waals surface area contributed by atoms with E-state index in [4.69, 9.17) is 17.0 Å². The molecule has 0 aliphatic carbocycles. The summed E-state index contributed by atoms with van der Waals surface area (Å²) in [6.45, 7) is 0. The molecule has 0 heterocycles. The van der Waals surface area contributed by atoms with Gasteiger partial charge < -0.3 is 10.1 Å². The van der Waals surface area contributed by atoms with E-state index in [1.807, 2.05) is 30.3 Å². The van der Waals surface area contributed by atoms with Crippen LogP contribution in [0.25, 0.3) is 0 Å². The zero-order valence-electron chi connectivity index (χ0n) is 14.5. The van der Waals surface area contributed by atoms with Crippen LogP contribution in [0.3, 0.4) is 0 Å². The number of hydrogen-bond donors (Lipinski definition) is 2. The third-order valence-electron chi connectivity index (χ3n) is 3.66. The smallest absolute Gasteiger partial charge is 0.282 e. The van der Waals surface area contributed by atoms with Crippen LogP contribution in [0, 0.1) is 10.1 Å². The Kier molecular flexibility index (Phi) is 5.93. The second kappa shape index (κ2) is 8.74. The average Bonchev–Trinajstić information content (AvgIpc) is 2.70. The van der Waals surface area contributed by atoms with Crippen molar-refractivity contribution in [1.29, 1.82) is 0 Å². The minimum absolute atomic E-state index is 0.0277. The molecular weight excluding hydrogens is 378 g/mol. The van der Waals surface area contributed by atoms with Crippen molar-refractivity contribution < 1.29 is 14.5 Å². The van der Waals surface area contributed by atoms with E-state index in [-0.39, 0.29) is 16.4 Å². The minimum Gasteiger partial charge on any atom is -0.457 e. The van der Waals surface area contributed by atoms with Crippen molar-refractivity contribution in [2.24, 2.45) is 0 Å². The van der Waals surface area contributed by atoms with Gasteiger partial charge in [0.1, 0.15) is 17.1 Å². The molecule has 28 heavy (non-hydrogen) atoms. The first kappa shape index (κ1) is 19.0. The van der Waals surface area contributed by atoms with Gasteiger partial charge in [-0.15, -0.1) is 0 Å². The van der Waals surface area contributed by atoms with Crippen molar-refractivity contribution in [3.8, 4) is 11.5 Å². The van der Waals surface area contributed by atoms with Gasteiger partial charge in [0.05, 0.1) is 4.92 Å². The van der Waals surface area contributed by atoms with Crippen LogP contribution in [0.5, 0.6) is 11.5 Å². The second-order valence-corrected chi connectivity index (χ2v) is 6.03. The molecule has 3 aromatic rings. The first-order chi connectivity index (χ1) is 13.5. The van der Waals surface area contributed by atoms with Gasteiger partial charge in [-0.2, -0.15) is 0 Å². The Labute approximate surface area is 166 Å². The standard InChI is InChI=1S/C20H15N3O4S/c24-19(17-8-4-5-9-18(17)23(25)26)22-20(28)21-14-10-12-16(13-11-14)27-15-6-2-1-3-7-15/h1-13H,(H2,21,22,24,28). The van der Waals surface area contributed by atoms with Crippen molar-refractivity contribution in [3.05, 3.63) is 94.5 Å². The molecule has 0 unspecified atom stereocenters. The molecule has 0 radical (unpaired) electrons. The lowest BCUT2D eigenvalue weighted by atomic mass is 10.1. The van der Waals surface area contributed by atoms with Crippen LogP contribution in [0.1, 0.15) is 10.4 Å². The summed E-state index contributed by atoms with van der Waals surface area (Å²) in [5.74, 6) is 0.705. The number of nitrogens with zero attached hydrogens (tertiary/aromatic N) is 1. The van der Waals surface area contributed by atoms with Crippen molar-refractivity contribution in [3.63, 3.8) is 0 Å². The SMILES string of the molecule is O=C(NC(=S)Nc1ccc(Oc2ccccc2)cc1)c1ccccc1[N+](=O)[O-]. The highest BCUT2D eigenvalue weighted by molar-refractivity contribution is 7.80. The fourth-order valence-corrected chi connectivity index (χ4v) is 2.60. The topological polar surface area (TPSA) is 93.5 Å². The first-order valence-electron chi connectivity index (χ1n) is 8.21. The zero-order chi connectivity index (χ0) is 19.9. The highest BCUT2D eigenvalue weighted by atomic mass is 32.1. The van der Waals surface area contributed by atoms with E-state index in [2.05, 4.69) is 10.6 Å². The average molecular weight is 393 g/mol. The van der Waals surface area contributed by atoms with Crippen molar-refractivity contribution >= 4 is 34.6 Å². The molecule has 0 atom stereocenters. The molecule has 140 valence electrons. The van der Waals surface area contributed by atoms with Gasteiger partial charge in [-0.25, -0.2) is 0 Å². The number of para-hydroxylation sites is 2. The molecule has 3 rings (SSSR count). The van der Waals surface area contributed by atoms with E-state index in [0.29, 0.717) is 11.4 Å². The molecule has 0 aliphatic rings. The number of nitro benzene ring substituents is 1. The summed E-state index contributed by atoms with van der Waals surface area (Å²) in [4.78, 5) is 22.7. The molecule has 0 saturated carbocycles. The number of anilines is 1. The molecule has 0 spiro atoms. The van der Waals surface area contributed by atoms with Crippen molar-refractivity contribution in [1.82, 2.24) is 5.32 Å². The summed E-state index contributed by atoms with van der Waals surface area (Å²) in [5.41, 5.74) is 0.279. The number of hydrogen-bond acceptors (Lipinski definition) is 5. The predicted octanol–water partition coefficient (Wildman–Crippen LogP) is 4.51. The maximum absolute atomic E-state index is 12.3. The van der Waals surface area contributed by atoms with Crippen LogP contribution in [0.2, 0.25) is 0 Å². The molecule has 0 aromatic heterocycles. The zero-order valence-corrected chi connectivity index (χ0v) is 15.3. The van der Waals surface area contributed by atoms with Crippen LogP contribution >= 0.6 is 12.2 Å². The molecular formula is C20H15N3O4S. The third-order valence-corrected chi connectivity index (χ3v) is 3.87. The summed E-state index contributed by atoms with van der Waals surface area (Å²) in [7, 11) is 0. The summed E-state index contributed by atoms with van der Waals surface area (Å²) in [6, 6.07) is 22.0. The molecule has 0 bridgehead atoms.